The van der Waals surface area contributed by atoms with Crippen LogP contribution in [0.1, 0.15) is 21.5 Å². The highest BCUT2D eigenvalue weighted by molar-refractivity contribution is 6.32. The zero-order valence-corrected chi connectivity index (χ0v) is 12.1. The molecule has 0 saturated heterocycles. The summed E-state index contributed by atoms with van der Waals surface area (Å²) in [6, 6.07) is 13.9. The largest absolute Gasteiger partial charge is 0.380 e. The predicted molar refractivity (Wildman–Crippen MR) is 81.3 cm³/mol. The average Bonchev–Trinajstić information content (AvgIpc) is 2.48. The number of hydrogen-bond acceptors (Lipinski definition) is 3. The molecule has 0 saturated carbocycles. The molecule has 0 aromatic heterocycles. The Morgan fingerprint density at radius 3 is 2.57 bits per heavy atom. The molecule has 0 unspecified atom stereocenters. The average molecular weight is 301 g/mol. The number of rotatable bonds is 4. The second-order valence-electron chi connectivity index (χ2n) is 4.39. The van der Waals surface area contributed by atoms with E-state index in [1.54, 1.807) is 37.4 Å². The van der Waals surface area contributed by atoms with Gasteiger partial charge in [0.05, 0.1) is 17.2 Å². The van der Waals surface area contributed by atoms with Crippen molar-refractivity contribution < 1.29 is 9.53 Å². The van der Waals surface area contributed by atoms with Crippen LogP contribution < -0.4 is 5.32 Å². The van der Waals surface area contributed by atoms with Gasteiger partial charge in [-0.05, 0) is 35.9 Å². The van der Waals surface area contributed by atoms with Crippen molar-refractivity contribution in [1.29, 1.82) is 5.26 Å². The Labute approximate surface area is 127 Å². The van der Waals surface area contributed by atoms with Crippen LogP contribution in [0.4, 0.5) is 5.69 Å². The molecular formula is C16H13ClN2O2. The number of ether oxygens (including phenoxy) is 1. The van der Waals surface area contributed by atoms with Gasteiger partial charge >= 0.3 is 0 Å². The minimum absolute atomic E-state index is 0.236. The number of amides is 1. The molecule has 2 aromatic rings. The van der Waals surface area contributed by atoms with Gasteiger partial charge in [0.2, 0.25) is 0 Å². The Morgan fingerprint density at radius 2 is 2.00 bits per heavy atom. The summed E-state index contributed by atoms with van der Waals surface area (Å²) in [5, 5.41) is 11.9. The van der Waals surface area contributed by atoms with E-state index in [2.05, 4.69) is 5.32 Å². The number of halogens is 1. The van der Waals surface area contributed by atoms with Crippen molar-refractivity contribution in [2.45, 2.75) is 6.61 Å². The van der Waals surface area contributed by atoms with Gasteiger partial charge < -0.3 is 10.1 Å². The van der Waals surface area contributed by atoms with Crippen LogP contribution in [0.15, 0.2) is 42.5 Å². The lowest BCUT2D eigenvalue weighted by Gasteiger charge is -2.07. The number of nitrogens with one attached hydrogen (secondary N) is 1. The van der Waals surface area contributed by atoms with Crippen molar-refractivity contribution in [2.75, 3.05) is 12.4 Å². The summed E-state index contributed by atoms with van der Waals surface area (Å²) in [5.41, 5.74) is 2.45. The lowest BCUT2D eigenvalue weighted by molar-refractivity contribution is 0.102. The van der Waals surface area contributed by atoms with Crippen LogP contribution in [0.25, 0.3) is 0 Å². The number of nitriles is 1. The molecule has 21 heavy (non-hydrogen) atoms. The van der Waals surface area contributed by atoms with E-state index in [0.29, 0.717) is 28.4 Å². The lowest BCUT2D eigenvalue weighted by Crippen LogP contribution is -2.11. The fourth-order valence-corrected chi connectivity index (χ4v) is 2.03. The van der Waals surface area contributed by atoms with Crippen LogP contribution in [-0.4, -0.2) is 13.0 Å². The molecule has 1 N–H and O–H groups in total. The summed E-state index contributed by atoms with van der Waals surface area (Å²) in [5.74, 6) is -0.236. The first-order valence-electron chi connectivity index (χ1n) is 6.23. The van der Waals surface area contributed by atoms with E-state index in [9.17, 15) is 4.79 Å². The molecule has 0 aliphatic rings. The van der Waals surface area contributed by atoms with Gasteiger partial charge in [0.1, 0.15) is 6.07 Å². The van der Waals surface area contributed by atoms with Gasteiger partial charge in [-0.25, -0.2) is 0 Å². The van der Waals surface area contributed by atoms with Crippen molar-refractivity contribution in [1.82, 2.24) is 0 Å². The van der Waals surface area contributed by atoms with Crippen LogP contribution in [0.5, 0.6) is 0 Å². The third-order valence-electron chi connectivity index (χ3n) is 2.87. The fraction of sp³-hybridized carbons (Fsp3) is 0.125. The normalized spacial score (nSPS) is 9.95. The smallest absolute Gasteiger partial charge is 0.255 e. The summed E-state index contributed by atoms with van der Waals surface area (Å²) in [7, 11) is 1.62. The Hall–Kier alpha value is -2.35. The summed E-state index contributed by atoms with van der Waals surface area (Å²) in [6.45, 7) is 0.507. The van der Waals surface area contributed by atoms with E-state index in [-0.39, 0.29) is 5.91 Å². The molecule has 0 aliphatic carbocycles. The van der Waals surface area contributed by atoms with Crippen LogP contribution in [-0.2, 0) is 11.3 Å². The van der Waals surface area contributed by atoms with Gasteiger partial charge in [0, 0.05) is 18.4 Å². The summed E-state index contributed by atoms with van der Waals surface area (Å²) in [6.07, 6.45) is 0. The van der Waals surface area contributed by atoms with E-state index in [4.69, 9.17) is 21.6 Å². The number of carbonyl (C=O) groups excluding carboxylic acids is 1. The Balaban J connectivity index is 2.10. The second kappa shape index (κ2) is 6.89. The highest BCUT2D eigenvalue weighted by Gasteiger charge is 2.07. The summed E-state index contributed by atoms with van der Waals surface area (Å²) < 4.78 is 5.02. The topological polar surface area (TPSA) is 62.1 Å². The maximum atomic E-state index is 12.1. The molecule has 4 nitrogen and oxygen atoms in total. The number of methoxy groups -OCH3 is 1. The molecule has 2 rings (SSSR count). The van der Waals surface area contributed by atoms with Gasteiger partial charge in [0.15, 0.2) is 0 Å². The number of benzene rings is 2. The standard InChI is InChI=1S/C16H13ClN2O2/c1-21-10-11-2-4-12(5-3-11)16(20)19-14-7-6-13(9-18)15(17)8-14/h2-8H,10H2,1H3,(H,19,20). The lowest BCUT2D eigenvalue weighted by atomic mass is 10.1. The highest BCUT2D eigenvalue weighted by Crippen LogP contribution is 2.20. The predicted octanol–water partition coefficient (Wildman–Crippen LogP) is 3.61. The number of carbonyl (C=O) groups is 1. The number of hydrogen-bond donors (Lipinski definition) is 1. The Morgan fingerprint density at radius 1 is 1.29 bits per heavy atom. The second-order valence-corrected chi connectivity index (χ2v) is 4.80. The van der Waals surface area contributed by atoms with Gasteiger partial charge in [-0.2, -0.15) is 5.26 Å². The Bertz CT molecular complexity index is 690. The first-order chi connectivity index (χ1) is 10.1. The molecule has 0 atom stereocenters. The maximum absolute atomic E-state index is 12.1. The maximum Gasteiger partial charge on any atom is 0.255 e. The molecule has 5 heteroatoms. The van der Waals surface area contributed by atoms with Gasteiger partial charge in [0.25, 0.3) is 5.91 Å². The zero-order valence-electron chi connectivity index (χ0n) is 11.4. The zero-order chi connectivity index (χ0) is 15.2. The van der Waals surface area contributed by atoms with Crippen molar-refractivity contribution in [3.8, 4) is 6.07 Å². The van der Waals surface area contributed by atoms with Gasteiger partial charge in [-0.3, -0.25) is 4.79 Å². The van der Waals surface area contributed by atoms with Crippen LogP contribution >= 0.6 is 11.6 Å². The third-order valence-corrected chi connectivity index (χ3v) is 3.19. The molecule has 0 heterocycles. The van der Waals surface area contributed by atoms with Crippen molar-refractivity contribution in [3.63, 3.8) is 0 Å². The molecule has 0 bridgehead atoms. The SMILES string of the molecule is COCc1ccc(C(=O)Nc2ccc(C#N)c(Cl)c2)cc1. The van der Waals surface area contributed by atoms with E-state index in [0.717, 1.165) is 5.56 Å². The third kappa shape index (κ3) is 3.82. The molecule has 2 aromatic carbocycles. The van der Waals surface area contributed by atoms with Gasteiger partial charge in [-0.15, -0.1) is 0 Å². The molecule has 0 spiro atoms. The number of anilines is 1. The highest BCUT2D eigenvalue weighted by atomic mass is 35.5. The molecular weight excluding hydrogens is 288 g/mol. The summed E-state index contributed by atoms with van der Waals surface area (Å²) in [4.78, 5) is 12.1. The van der Waals surface area contributed by atoms with E-state index in [1.807, 2.05) is 18.2 Å². The summed E-state index contributed by atoms with van der Waals surface area (Å²) >= 11 is 5.93. The van der Waals surface area contributed by atoms with E-state index < -0.39 is 0 Å². The van der Waals surface area contributed by atoms with Crippen molar-refractivity contribution >= 4 is 23.2 Å². The molecule has 1 amide bonds. The fourth-order valence-electron chi connectivity index (χ4n) is 1.81. The van der Waals surface area contributed by atoms with Crippen molar-refractivity contribution in [2.24, 2.45) is 0 Å². The van der Waals surface area contributed by atoms with Crippen LogP contribution in [0, 0.1) is 11.3 Å². The molecule has 0 fully saturated rings. The number of nitrogens with zero attached hydrogens (tertiary/aromatic N) is 1. The van der Waals surface area contributed by atoms with Crippen LogP contribution in [0.2, 0.25) is 5.02 Å². The minimum atomic E-state index is -0.236. The van der Waals surface area contributed by atoms with Gasteiger partial charge in [-0.1, -0.05) is 23.7 Å². The van der Waals surface area contributed by atoms with E-state index >= 15 is 0 Å². The molecule has 0 radical (unpaired) electrons. The molecule has 106 valence electrons. The minimum Gasteiger partial charge on any atom is -0.380 e. The quantitative estimate of drug-likeness (QED) is 0.938. The van der Waals surface area contributed by atoms with Crippen molar-refractivity contribution in [3.05, 3.63) is 64.2 Å². The molecule has 0 aliphatic heterocycles. The van der Waals surface area contributed by atoms with E-state index in [1.165, 1.54) is 0 Å². The monoisotopic (exact) mass is 300 g/mol. The first-order valence-corrected chi connectivity index (χ1v) is 6.60. The first kappa shape index (κ1) is 15.0. The Kier molecular flexibility index (Phi) is 4.94. The van der Waals surface area contributed by atoms with Crippen LogP contribution in [0.3, 0.4) is 0 Å².